The second-order valence-electron chi connectivity index (χ2n) is 3.76. The molecule has 0 saturated carbocycles. The number of nitrogens with zero attached hydrogens (tertiary/aromatic N) is 2. The molecule has 84 valence electrons. The highest BCUT2D eigenvalue weighted by Gasteiger charge is 2.35. The normalized spacial score (nSPS) is 25.9. The van der Waals surface area contributed by atoms with E-state index in [1.165, 1.54) is 0 Å². The van der Waals surface area contributed by atoms with Crippen LogP contribution < -0.4 is 0 Å². The number of β-amino-alcohol motifs (C(OH)–C–C–N with tert-alkyl or cyclic N) is 1. The largest absolute Gasteiger partial charge is 0.384 e. The summed E-state index contributed by atoms with van der Waals surface area (Å²) >= 11 is 0. The lowest BCUT2D eigenvalue weighted by Crippen LogP contribution is -2.29. The number of pyridine rings is 1. The first-order chi connectivity index (χ1) is 7.21. The van der Waals surface area contributed by atoms with Crippen molar-refractivity contribution in [1.82, 2.24) is 9.88 Å². The second-order valence-corrected chi connectivity index (χ2v) is 3.76. The first-order valence-electron chi connectivity index (χ1n) is 5.52. The van der Waals surface area contributed by atoms with E-state index < -0.39 is 5.60 Å². The van der Waals surface area contributed by atoms with Gasteiger partial charge in [-0.05, 0) is 19.5 Å². The summed E-state index contributed by atoms with van der Waals surface area (Å²) in [5.74, 6) is 0. The van der Waals surface area contributed by atoms with Gasteiger partial charge < -0.3 is 10.0 Å². The molecule has 0 amide bonds. The zero-order chi connectivity index (χ0) is 11.3. The van der Waals surface area contributed by atoms with Gasteiger partial charge in [0.2, 0.25) is 0 Å². The zero-order valence-corrected chi connectivity index (χ0v) is 9.77. The minimum atomic E-state index is -0.678. The summed E-state index contributed by atoms with van der Waals surface area (Å²) in [5.41, 5.74) is 0.252. The molecule has 3 heteroatoms. The molecule has 1 aliphatic rings. The van der Waals surface area contributed by atoms with Crippen molar-refractivity contribution < 1.29 is 5.11 Å². The standard InChI is InChI=1S/C10H14N2O.C2H6/c1-12-6-4-10(13,8-12)9-3-2-5-11-7-9;1-2/h2-3,5,7,13H,4,6,8H2,1H3;1-2H3. The van der Waals surface area contributed by atoms with Gasteiger partial charge in [-0.2, -0.15) is 0 Å². The molecule has 1 atom stereocenters. The van der Waals surface area contributed by atoms with E-state index >= 15 is 0 Å². The van der Waals surface area contributed by atoms with E-state index in [2.05, 4.69) is 9.88 Å². The van der Waals surface area contributed by atoms with Crippen LogP contribution in [0.4, 0.5) is 0 Å². The molecule has 1 aromatic heterocycles. The number of aliphatic hydroxyl groups is 1. The monoisotopic (exact) mass is 208 g/mol. The van der Waals surface area contributed by atoms with Gasteiger partial charge in [-0.25, -0.2) is 0 Å². The summed E-state index contributed by atoms with van der Waals surface area (Å²) in [6.45, 7) is 5.66. The molecule has 0 aromatic carbocycles. The molecule has 0 aliphatic carbocycles. The van der Waals surface area contributed by atoms with E-state index in [1.54, 1.807) is 12.4 Å². The van der Waals surface area contributed by atoms with Gasteiger partial charge in [0.1, 0.15) is 5.60 Å². The van der Waals surface area contributed by atoms with Crippen molar-refractivity contribution in [1.29, 1.82) is 0 Å². The van der Waals surface area contributed by atoms with Gasteiger partial charge in [0.05, 0.1) is 0 Å². The fourth-order valence-corrected chi connectivity index (χ4v) is 1.85. The summed E-state index contributed by atoms with van der Waals surface area (Å²) in [4.78, 5) is 6.15. The third-order valence-corrected chi connectivity index (χ3v) is 2.64. The molecule has 0 bridgehead atoms. The molecule has 2 heterocycles. The Labute approximate surface area is 91.8 Å². The van der Waals surface area contributed by atoms with E-state index in [0.29, 0.717) is 6.54 Å². The van der Waals surface area contributed by atoms with Crippen molar-refractivity contribution in [2.24, 2.45) is 0 Å². The van der Waals surface area contributed by atoms with Gasteiger partial charge in [-0.1, -0.05) is 19.9 Å². The van der Waals surface area contributed by atoms with Crippen LogP contribution in [0.15, 0.2) is 24.5 Å². The summed E-state index contributed by atoms with van der Waals surface area (Å²) < 4.78 is 0. The van der Waals surface area contributed by atoms with E-state index in [4.69, 9.17) is 0 Å². The number of hydrogen-bond donors (Lipinski definition) is 1. The van der Waals surface area contributed by atoms with Crippen LogP contribution >= 0.6 is 0 Å². The molecular formula is C12H20N2O. The predicted octanol–water partition coefficient (Wildman–Crippen LogP) is 1.63. The number of aromatic nitrogens is 1. The lowest BCUT2D eigenvalue weighted by Gasteiger charge is -2.22. The first-order valence-corrected chi connectivity index (χ1v) is 5.52. The van der Waals surface area contributed by atoms with Crippen LogP contribution in [-0.4, -0.2) is 35.1 Å². The van der Waals surface area contributed by atoms with Crippen LogP contribution in [0.3, 0.4) is 0 Å². The second kappa shape index (κ2) is 5.24. The Morgan fingerprint density at radius 1 is 1.47 bits per heavy atom. The third-order valence-electron chi connectivity index (χ3n) is 2.64. The summed E-state index contributed by atoms with van der Waals surface area (Å²) in [6.07, 6.45) is 4.28. The number of likely N-dealkylation sites (tertiary alicyclic amines) is 1. The number of likely N-dealkylation sites (N-methyl/N-ethyl adjacent to an activating group) is 1. The van der Waals surface area contributed by atoms with Crippen LogP contribution in [-0.2, 0) is 5.60 Å². The minimum Gasteiger partial charge on any atom is -0.384 e. The SMILES string of the molecule is CC.CN1CCC(O)(c2cccnc2)C1. The van der Waals surface area contributed by atoms with Crippen LogP contribution in [0, 0.1) is 0 Å². The fraction of sp³-hybridized carbons (Fsp3) is 0.583. The summed E-state index contributed by atoms with van der Waals surface area (Å²) in [7, 11) is 2.02. The zero-order valence-electron chi connectivity index (χ0n) is 9.77. The van der Waals surface area contributed by atoms with Crippen LogP contribution in [0.25, 0.3) is 0 Å². The van der Waals surface area contributed by atoms with Crippen LogP contribution in [0.2, 0.25) is 0 Å². The van der Waals surface area contributed by atoms with Gasteiger partial charge >= 0.3 is 0 Å². The minimum absolute atomic E-state index is 0.678. The maximum absolute atomic E-state index is 10.3. The summed E-state index contributed by atoms with van der Waals surface area (Å²) in [6, 6.07) is 3.80. The molecule has 0 radical (unpaired) electrons. The average Bonchev–Trinajstić information content (AvgIpc) is 2.64. The highest BCUT2D eigenvalue weighted by molar-refractivity contribution is 5.20. The summed E-state index contributed by atoms with van der Waals surface area (Å²) in [5, 5.41) is 10.3. The molecule has 3 nitrogen and oxygen atoms in total. The smallest absolute Gasteiger partial charge is 0.105 e. The Morgan fingerprint density at radius 3 is 2.67 bits per heavy atom. The maximum atomic E-state index is 10.3. The van der Waals surface area contributed by atoms with Gasteiger partial charge in [0.25, 0.3) is 0 Å². The molecule has 2 rings (SSSR count). The molecule has 1 N–H and O–H groups in total. The lowest BCUT2D eigenvalue weighted by molar-refractivity contribution is 0.0485. The molecule has 1 unspecified atom stereocenters. The van der Waals surface area contributed by atoms with Crippen molar-refractivity contribution in [3.05, 3.63) is 30.1 Å². The molecular weight excluding hydrogens is 188 g/mol. The highest BCUT2D eigenvalue weighted by Crippen LogP contribution is 2.30. The van der Waals surface area contributed by atoms with Crippen LogP contribution in [0.5, 0.6) is 0 Å². The van der Waals surface area contributed by atoms with Gasteiger partial charge in [0.15, 0.2) is 0 Å². The van der Waals surface area contributed by atoms with E-state index in [-0.39, 0.29) is 0 Å². The Morgan fingerprint density at radius 2 is 2.20 bits per heavy atom. The van der Waals surface area contributed by atoms with Gasteiger partial charge in [-0.3, -0.25) is 4.98 Å². The maximum Gasteiger partial charge on any atom is 0.105 e. The van der Waals surface area contributed by atoms with Gasteiger partial charge in [-0.15, -0.1) is 0 Å². The third kappa shape index (κ3) is 2.76. The van der Waals surface area contributed by atoms with E-state index in [1.807, 2.05) is 33.0 Å². The Bertz CT molecular complexity index is 289. The lowest BCUT2D eigenvalue weighted by atomic mass is 9.95. The molecule has 1 aromatic rings. The van der Waals surface area contributed by atoms with Crippen molar-refractivity contribution in [2.75, 3.05) is 20.1 Å². The van der Waals surface area contributed by atoms with Crippen molar-refractivity contribution in [3.8, 4) is 0 Å². The average molecular weight is 208 g/mol. The van der Waals surface area contributed by atoms with E-state index in [9.17, 15) is 5.11 Å². The van der Waals surface area contributed by atoms with Crippen molar-refractivity contribution in [3.63, 3.8) is 0 Å². The Balaban J connectivity index is 0.000000531. The number of hydrogen-bond acceptors (Lipinski definition) is 3. The highest BCUT2D eigenvalue weighted by atomic mass is 16.3. The topological polar surface area (TPSA) is 36.4 Å². The van der Waals surface area contributed by atoms with Gasteiger partial charge in [0, 0.05) is 31.0 Å². The quantitative estimate of drug-likeness (QED) is 0.762. The van der Waals surface area contributed by atoms with Crippen molar-refractivity contribution in [2.45, 2.75) is 25.9 Å². The fourth-order valence-electron chi connectivity index (χ4n) is 1.85. The Kier molecular flexibility index (Phi) is 4.24. The van der Waals surface area contributed by atoms with Crippen LogP contribution in [0.1, 0.15) is 25.8 Å². The molecule has 0 spiro atoms. The molecule has 1 saturated heterocycles. The van der Waals surface area contributed by atoms with Crippen molar-refractivity contribution >= 4 is 0 Å². The Hall–Kier alpha value is -0.930. The first kappa shape index (κ1) is 12.1. The number of rotatable bonds is 1. The predicted molar refractivity (Wildman–Crippen MR) is 61.6 cm³/mol. The van der Waals surface area contributed by atoms with E-state index in [0.717, 1.165) is 18.5 Å². The molecule has 1 fully saturated rings. The molecule has 15 heavy (non-hydrogen) atoms. The molecule has 1 aliphatic heterocycles.